The van der Waals surface area contributed by atoms with Crippen LogP contribution in [0.5, 0.6) is 5.75 Å². The van der Waals surface area contributed by atoms with Crippen LogP contribution in [0.15, 0.2) is 55.1 Å². The quantitative estimate of drug-likeness (QED) is 0.601. The first-order valence-corrected chi connectivity index (χ1v) is 8.46. The molecule has 0 unspecified atom stereocenters. The largest absolute Gasteiger partial charge is 0.496 e. The third-order valence-corrected chi connectivity index (χ3v) is 4.46. The van der Waals surface area contributed by atoms with E-state index in [4.69, 9.17) is 9.84 Å². The molecule has 0 bridgehead atoms. The van der Waals surface area contributed by atoms with Crippen molar-refractivity contribution in [3.8, 4) is 22.8 Å². The van der Waals surface area contributed by atoms with E-state index in [2.05, 4.69) is 16.0 Å². The molecule has 6 heteroatoms. The van der Waals surface area contributed by atoms with E-state index in [1.165, 1.54) is 0 Å². The summed E-state index contributed by atoms with van der Waals surface area (Å²) in [6.45, 7) is 2.66. The highest BCUT2D eigenvalue weighted by Crippen LogP contribution is 2.31. The summed E-state index contributed by atoms with van der Waals surface area (Å²) < 4.78 is 9.52. The number of ether oxygens (including phenoxy) is 1. The second-order valence-electron chi connectivity index (χ2n) is 6.16. The van der Waals surface area contributed by atoms with Crippen LogP contribution in [0.4, 0.5) is 0 Å². The summed E-state index contributed by atoms with van der Waals surface area (Å²) in [7, 11) is 1.67. The van der Waals surface area contributed by atoms with Crippen LogP contribution in [0.3, 0.4) is 0 Å². The van der Waals surface area contributed by atoms with E-state index in [0.29, 0.717) is 6.54 Å². The number of aliphatic hydroxyl groups excluding tert-OH is 1. The minimum absolute atomic E-state index is 0.0894. The molecule has 0 fully saturated rings. The summed E-state index contributed by atoms with van der Waals surface area (Å²) in [6.07, 6.45) is 5.46. The molecule has 2 aromatic carbocycles. The van der Waals surface area contributed by atoms with Crippen LogP contribution in [0, 0.1) is 6.92 Å². The first kappa shape index (κ1) is 16.4. The average Bonchev–Trinajstić information content (AvgIpc) is 3.29. The lowest BCUT2D eigenvalue weighted by atomic mass is 10.1. The number of aliphatic hydroxyl groups is 1. The van der Waals surface area contributed by atoms with Gasteiger partial charge in [0.15, 0.2) is 0 Å². The third-order valence-electron chi connectivity index (χ3n) is 4.46. The summed E-state index contributed by atoms with van der Waals surface area (Å²) in [6, 6.07) is 12.2. The van der Waals surface area contributed by atoms with Crippen molar-refractivity contribution in [1.29, 1.82) is 0 Å². The molecule has 4 rings (SSSR count). The monoisotopic (exact) mass is 348 g/mol. The van der Waals surface area contributed by atoms with Gasteiger partial charge in [-0.1, -0.05) is 6.07 Å². The molecule has 4 aromatic rings. The maximum absolute atomic E-state index is 9.16. The number of nitrogens with zero attached hydrogens (tertiary/aromatic N) is 4. The van der Waals surface area contributed by atoms with Crippen molar-refractivity contribution < 1.29 is 9.84 Å². The van der Waals surface area contributed by atoms with Gasteiger partial charge in [0.25, 0.3) is 0 Å². The molecule has 132 valence electrons. The Kier molecular flexibility index (Phi) is 4.18. The normalized spacial score (nSPS) is 11.2. The molecule has 0 spiro atoms. The highest BCUT2D eigenvalue weighted by atomic mass is 16.5. The van der Waals surface area contributed by atoms with Gasteiger partial charge in [-0.15, -0.1) is 0 Å². The molecular formula is C20H20N4O2. The van der Waals surface area contributed by atoms with Crippen LogP contribution in [0.25, 0.3) is 28.1 Å². The molecular weight excluding hydrogens is 328 g/mol. The van der Waals surface area contributed by atoms with E-state index >= 15 is 0 Å². The summed E-state index contributed by atoms with van der Waals surface area (Å²) >= 11 is 0. The Bertz CT molecular complexity index is 1060. The molecule has 0 aliphatic carbocycles. The fraction of sp³-hybridized carbons (Fsp3) is 0.200. The van der Waals surface area contributed by atoms with Gasteiger partial charge in [-0.25, -0.2) is 9.97 Å². The molecule has 0 saturated carbocycles. The van der Waals surface area contributed by atoms with Gasteiger partial charge in [-0.05, 0) is 42.8 Å². The molecule has 0 aliphatic heterocycles. The summed E-state index contributed by atoms with van der Waals surface area (Å²) in [5, 5.41) is 9.16. The number of fused-ring (bicyclic) bond motifs is 1. The standard InChI is InChI=1S/C20H20N4O2/c1-14-3-5-16(19(11-14)26-2)20-21-7-8-24(20)15-4-6-18-17(12-15)22-13-23(18)9-10-25/h3-8,11-13,25H,9-10H2,1-2H3. The van der Waals surface area contributed by atoms with Crippen molar-refractivity contribution in [3.05, 3.63) is 60.7 Å². The fourth-order valence-corrected chi connectivity index (χ4v) is 3.18. The van der Waals surface area contributed by atoms with Gasteiger partial charge < -0.3 is 14.4 Å². The fourth-order valence-electron chi connectivity index (χ4n) is 3.18. The van der Waals surface area contributed by atoms with E-state index in [0.717, 1.165) is 39.4 Å². The number of aryl methyl sites for hydroxylation is 1. The average molecular weight is 348 g/mol. The van der Waals surface area contributed by atoms with Crippen LogP contribution in [0.1, 0.15) is 5.56 Å². The smallest absolute Gasteiger partial charge is 0.148 e. The summed E-state index contributed by atoms with van der Waals surface area (Å²) in [5.74, 6) is 1.61. The number of rotatable bonds is 5. The van der Waals surface area contributed by atoms with Gasteiger partial charge in [-0.2, -0.15) is 0 Å². The van der Waals surface area contributed by atoms with Crippen LogP contribution in [-0.4, -0.2) is 37.9 Å². The summed E-state index contributed by atoms with van der Waals surface area (Å²) in [4.78, 5) is 8.99. The molecule has 0 atom stereocenters. The van der Waals surface area contributed by atoms with Gasteiger partial charge >= 0.3 is 0 Å². The lowest BCUT2D eigenvalue weighted by Gasteiger charge is -2.12. The highest BCUT2D eigenvalue weighted by Gasteiger charge is 2.14. The van der Waals surface area contributed by atoms with E-state index < -0.39 is 0 Å². The Labute approximate surface area is 151 Å². The third kappa shape index (κ3) is 2.74. The van der Waals surface area contributed by atoms with Crippen molar-refractivity contribution in [2.24, 2.45) is 0 Å². The van der Waals surface area contributed by atoms with Crippen molar-refractivity contribution in [2.75, 3.05) is 13.7 Å². The van der Waals surface area contributed by atoms with Gasteiger partial charge in [-0.3, -0.25) is 4.57 Å². The molecule has 2 heterocycles. The molecule has 0 saturated heterocycles. The van der Waals surface area contributed by atoms with Crippen molar-refractivity contribution >= 4 is 11.0 Å². The van der Waals surface area contributed by atoms with Crippen molar-refractivity contribution in [3.63, 3.8) is 0 Å². The zero-order valence-electron chi connectivity index (χ0n) is 14.8. The van der Waals surface area contributed by atoms with Gasteiger partial charge in [0.1, 0.15) is 11.6 Å². The van der Waals surface area contributed by atoms with Gasteiger partial charge in [0, 0.05) is 24.6 Å². The second-order valence-corrected chi connectivity index (χ2v) is 6.16. The number of imidazole rings is 2. The minimum atomic E-state index is 0.0894. The molecule has 0 aliphatic rings. The molecule has 0 amide bonds. The Morgan fingerprint density at radius 3 is 2.81 bits per heavy atom. The van der Waals surface area contributed by atoms with E-state index in [9.17, 15) is 0 Å². The molecule has 0 radical (unpaired) electrons. The Balaban J connectivity index is 1.81. The number of hydrogen-bond acceptors (Lipinski definition) is 4. The van der Waals surface area contributed by atoms with Crippen LogP contribution >= 0.6 is 0 Å². The number of benzene rings is 2. The summed E-state index contributed by atoms with van der Waals surface area (Å²) in [5.41, 5.74) is 4.93. The van der Waals surface area contributed by atoms with Crippen LogP contribution in [0.2, 0.25) is 0 Å². The van der Waals surface area contributed by atoms with Crippen molar-refractivity contribution in [1.82, 2.24) is 19.1 Å². The number of aromatic nitrogens is 4. The molecule has 2 aromatic heterocycles. The zero-order valence-corrected chi connectivity index (χ0v) is 14.8. The Hall–Kier alpha value is -3.12. The maximum atomic E-state index is 9.16. The predicted molar refractivity (Wildman–Crippen MR) is 101 cm³/mol. The van der Waals surface area contributed by atoms with E-state index in [1.807, 2.05) is 52.6 Å². The van der Waals surface area contributed by atoms with Gasteiger partial charge in [0.2, 0.25) is 0 Å². The second kappa shape index (κ2) is 6.65. The van der Waals surface area contributed by atoms with E-state index in [-0.39, 0.29) is 6.61 Å². The first-order chi connectivity index (χ1) is 12.7. The molecule has 26 heavy (non-hydrogen) atoms. The Morgan fingerprint density at radius 1 is 1.12 bits per heavy atom. The van der Waals surface area contributed by atoms with Crippen LogP contribution in [-0.2, 0) is 6.54 Å². The maximum Gasteiger partial charge on any atom is 0.148 e. The van der Waals surface area contributed by atoms with Gasteiger partial charge in [0.05, 0.1) is 36.6 Å². The topological polar surface area (TPSA) is 65.1 Å². The lowest BCUT2D eigenvalue weighted by molar-refractivity contribution is 0.278. The van der Waals surface area contributed by atoms with Crippen molar-refractivity contribution in [2.45, 2.75) is 13.5 Å². The lowest BCUT2D eigenvalue weighted by Crippen LogP contribution is -2.01. The Morgan fingerprint density at radius 2 is 2.00 bits per heavy atom. The minimum Gasteiger partial charge on any atom is -0.496 e. The first-order valence-electron chi connectivity index (χ1n) is 8.46. The molecule has 6 nitrogen and oxygen atoms in total. The number of hydrogen-bond donors (Lipinski definition) is 1. The number of methoxy groups -OCH3 is 1. The van der Waals surface area contributed by atoms with Crippen LogP contribution < -0.4 is 4.74 Å². The van der Waals surface area contributed by atoms with E-state index in [1.54, 1.807) is 19.6 Å². The predicted octanol–water partition coefficient (Wildman–Crippen LogP) is 3.20. The zero-order chi connectivity index (χ0) is 18.1. The SMILES string of the molecule is COc1cc(C)ccc1-c1nccn1-c1ccc2c(c1)ncn2CCO. The highest BCUT2D eigenvalue weighted by molar-refractivity contribution is 5.78. The molecule has 1 N–H and O–H groups in total.